The van der Waals surface area contributed by atoms with Crippen molar-refractivity contribution in [3.05, 3.63) is 0 Å². The molecule has 2 amide bonds. The van der Waals surface area contributed by atoms with Crippen LogP contribution in [0.1, 0.15) is 26.7 Å². The topological polar surface area (TPSA) is 93.5 Å². The number of carbonyl (C=O) groups excluding carboxylic acids is 2. The molecule has 19 heavy (non-hydrogen) atoms. The lowest BCUT2D eigenvalue weighted by Gasteiger charge is -2.13. The third-order valence-electron chi connectivity index (χ3n) is 2.91. The molecule has 0 saturated carbocycles. The Labute approximate surface area is 120 Å². The summed E-state index contributed by atoms with van der Waals surface area (Å²) in [5.41, 5.74) is 5.48. The van der Waals surface area contributed by atoms with Crippen molar-refractivity contribution in [2.45, 2.75) is 38.9 Å². The van der Waals surface area contributed by atoms with Crippen LogP contribution in [-0.2, 0) is 14.3 Å². The molecule has 1 rings (SSSR count). The second-order valence-corrected chi connectivity index (χ2v) is 4.80. The predicted octanol–water partition coefficient (Wildman–Crippen LogP) is -0.197. The Morgan fingerprint density at radius 3 is 2.42 bits per heavy atom. The minimum absolute atomic E-state index is 0. The second-order valence-electron chi connectivity index (χ2n) is 4.80. The van der Waals surface area contributed by atoms with Gasteiger partial charge in [-0.2, -0.15) is 0 Å². The van der Waals surface area contributed by atoms with Gasteiger partial charge in [0.25, 0.3) is 0 Å². The van der Waals surface area contributed by atoms with Crippen molar-refractivity contribution in [3.63, 3.8) is 0 Å². The lowest BCUT2D eigenvalue weighted by molar-refractivity contribution is -0.132. The zero-order valence-corrected chi connectivity index (χ0v) is 12.3. The van der Waals surface area contributed by atoms with E-state index in [0.717, 1.165) is 6.42 Å². The number of amides is 2. The highest BCUT2D eigenvalue weighted by Crippen LogP contribution is 2.18. The molecule has 1 saturated heterocycles. The Kier molecular flexibility index (Phi) is 8.71. The number of carbonyl (C=O) groups is 2. The van der Waals surface area contributed by atoms with Crippen LogP contribution in [-0.4, -0.2) is 43.7 Å². The van der Waals surface area contributed by atoms with Gasteiger partial charge < -0.3 is 21.1 Å². The molecule has 0 unspecified atom stereocenters. The summed E-state index contributed by atoms with van der Waals surface area (Å²) >= 11 is 0. The summed E-state index contributed by atoms with van der Waals surface area (Å²) in [6.07, 6.45) is 1.16. The zero-order chi connectivity index (χ0) is 13.5. The number of halogens is 1. The van der Waals surface area contributed by atoms with Crippen molar-refractivity contribution >= 4 is 24.2 Å². The van der Waals surface area contributed by atoms with Crippen molar-refractivity contribution in [1.82, 2.24) is 10.6 Å². The average molecular weight is 294 g/mol. The van der Waals surface area contributed by atoms with Gasteiger partial charge in [0.05, 0.1) is 6.10 Å². The maximum atomic E-state index is 11.7. The summed E-state index contributed by atoms with van der Waals surface area (Å²) in [5.74, 6) is -0.168. The van der Waals surface area contributed by atoms with E-state index in [1.54, 1.807) is 0 Å². The molecule has 0 radical (unpaired) electrons. The number of nitrogens with two attached hydrogens (primary N) is 1. The lowest BCUT2D eigenvalue weighted by atomic mass is 10.2. The van der Waals surface area contributed by atoms with E-state index in [9.17, 15) is 9.59 Å². The third-order valence-corrected chi connectivity index (χ3v) is 2.91. The smallest absolute Gasteiger partial charge is 0.249 e. The van der Waals surface area contributed by atoms with Crippen molar-refractivity contribution in [3.8, 4) is 0 Å². The normalized spacial score (nSPS) is 21.9. The van der Waals surface area contributed by atoms with Crippen molar-refractivity contribution in [2.75, 3.05) is 19.6 Å². The van der Waals surface area contributed by atoms with E-state index >= 15 is 0 Å². The first-order valence-electron chi connectivity index (χ1n) is 6.45. The molecule has 2 atom stereocenters. The number of nitrogens with one attached hydrogen (secondary N) is 2. The van der Waals surface area contributed by atoms with Gasteiger partial charge >= 0.3 is 0 Å². The van der Waals surface area contributed by atoms with Gasteiger partial charge in [0, 0.05) is 25.6 Å². The van der Waals surface area contributed by atoms with Crippen molar-refractivity contribution < 1.29 is 14.3 Å². The van der Waals surface area contributed by atoms with Crippen LogP contribution in [0.15, 0.2) is 0 Å². The largest absolute Gasteiger partial charge is 0.364 e. The number of rotatable bonds is 6. The number of hydrogen-bond acceptors (Lipinski definition) is 4. The molecule has 112 valence electrons. The Hall–Kier alpha value is -0.850. The molecule has 0 aliphatic carbocycles. The Bertz CT molecular complexity index is 300. The van der Waals surface area contributed by atoms with Crippen LogP contribution in [0.2, 0.25) is 0 Å². The van der Waals surface area contributed by atoms with E-state index < -0.39 is 0 Å². The van der Waals surface area contributed by atoms with Crippen LogP contribution >= 0.6 is 12.4 Å². The molecule has 0 aromatic rings. The van der Waals surface area contributed by atoms with E-state index in [0.29, 0.717) is 26.1 Å². The first-order chi connectivity index (χ1) is 8.54. The van der Waals surface area contributed by atoms with Gasteiger partial charge in [0.15, 0.2) is 0 Å². The lowest BCUT2D eigenvalue weighted by Crippen LogP contribution is -2.40. The van der Waals surface area contributed by atoms with Gasteiger partial charge in [-0.3, -0.25) is 9.59 Å². The van der Waals surface area contributed by atoms with Crippen LogP contribution in [0, 0.1) is 5.92 Å². The molecule has 1 fully saturated rings. The zero-order valence-electron chi connectivity index (χ0n) is 11.5. The van der Waals surface area contributed by atoms with E-state index in [1.807, 2.05) is 13.8 Å². The van der Waals surface area contributed by atoms with Gasteiger partial charge in [-0.25, -0.2) is 0 Å². The first-order valence-corrected chi connectivity index (χ1v) is 6.45. The highest BCUT2D eigenvalue weighted by Gasteiger charge is 2.29. The van der Waals surface area contributed by atoms with Crippen LogP contribution in [0.4, 0.5) is 0 Å². The fourth-order valence-corrected chi connectivity index (χ4v) is 1.76. The molecule has 0 bridgehead atoms. The first kappa shape index (κ1) is 18.1. The molecule has 0 aromatic heterocycles. The van der Waals surface area contributed by atoms with Gasteiger partial charge in [0.1, 0.15) is 6.10 Å². The van der Waals surface area contributed by atoms with E-state index in [4.69, 9.17) is 10.5 Å². The fourth-order valence-electron chi connectivity index (χ4n) is 1.76. The summed E-state index contributed by atoms with van der Waals surface area (Å²) in [6, 6.07) is 0. The predicted molar refractivity (Wildman–Crippen MR) is 75.1 cm³/mol. The van der Waals surface area contributed by atoms with Gasteiger partial charge in [-0.15, -0.1) is 12.4 Å². The monoisotopic (exact) mass is 293 g/mol. The molecule has 4 N–H and O–H groups in total. The second kappa shape index (κ2) is 9.12. The summed E-state index contributed by atoms with van der Waals surface area (Å²) in [7, 11) is 0. The standard InChI is InChI=1S/C12H23N3O3.ClH/c1-8(2)11(16)14-5-6-15-12(17)10-4-3-9(7-13)18-10;/h8-10H,3-7,13H2,1-2H3,(H,14,16)(H,15,17);1H/t9-,10+;/m1./s1. The molecule has 1 aliphatic rings. The quantitative estimate of drug-likeness (QED) is 0.591. The maximum Gasteiger partial charge on any atom is 0.249 e. The molecule has 0 aromatic carbocycles. The fraction of sp³-hybridized carbons (Fsp3) is 0.833. The highest BCUT2D eigenvalue weighted by atomic mass is 35.5. The maximum absolute atomic E-state index is 11.7. The summed E-state index contributed by atoms with van der Waals surface area (Å²) in [4.78, 5) is 23.0. The molecule has 1 aliphatic heterocycles. The van der Waals surface area contributed by atoms with Gasteiger partial charge in [-0.1, -0.05) is 13.8 Å². The highest BCUT2D eigenvalue weighted by molar-refractivity contribution is 5.85. The van der Waals surface area contributed by atoms with Gasteiger partial charge in [0.2, 0.25) is 11.8 Å². The minimum Gasteiger partial charge on any atom is -0.364 e. The van der Waals surface area contributed by atoms with Crippen LogP contribution in [0.5, 0.6) is 0 Å². The molecule has 1 heterocycles. The molecule has 6 nitrogen and oxygen atoms in total. The summed E-state index contributed by atoms with van der Waals surface area (Å²) in [5, 5.41) is 5.48. The number of ether oxygens (including phenoxy) is 1. The van der Waals surface area contributed by atoms with Gasteiger partial charge in [-0.05, 0) is 12.8 Å². The summed E-state index contributed by atoms with van der Waals surface area (Å²) in [6.45, 7) is 4.97. The minimum atomic E-state index is -0.389. The van der Waals surface area contributed by atoms with Crippen molar-refractivity contribution in [1.29, 1.82) is 0 Å². The van der Waals surface area contributed by atoms with E-state index in [1.165, 1.54) is 0 Å². The Balaban J connectivity index is 0.00000324. The average Bonchev–Trinajstić information content (AvgIpc) is 2.82. The van der Waals surface area contributed by atoms with E-state index in [2.05, 4.69) is 10.6 Å². The van der Waals surface area contributed by atoms with E-state index in [-0.39, 0.29) is 42.3 Å². The SMILES string of the molecule is CC(C)C(=O)NCCNC(=O)[C@@H]1CC[C@H](CN)O1.Cl. The Morgan fingerprint density at radius 1 is 1.26 bits per heavy atom. The third kappa shape index (κ3) is 6.22. The molecule has 0 spiro atoms. The molecular weight excluding hydrogens is 270 g/mol. The van der Waals surface area contributed by atoms with Crippen LogP contribution < -0.4 is 16.4 Å². The molecule has 7 heteroatoms. The van der Waals surface area contributed by atoms with Crippen LogP contribution in [0.3, 0.4) is 0 Å². The van der Waals surface area contributed by atoms with Crippen molar-refractivity contribution in [2.24, 2.45) is 11.7 Å². The number of hydrogen-bond donors (Lipinski definition) is 3. The summed E-state index contributed by atoms with van der Waals surface area (Å²) < 4.78 is 5.46. The molecular formula is C12H24ClN3O3. The Morgan fingerprint density at radius 2 is 1.89 bits per heavy atom. The van der Waals surface area contributed by atoms with Crippen LogP contribution in [0.25, 0.3) is 0 Å².